The minimum absolute atomic E-state index is 0.292. The minimum atomic E-state index is -4.86. The lowest BCUT2D eigenvalue weighted by Gasteiger charge is -2.14. The molecule has 3 nitrogen and oxygen atoms in total. The Hall–Kier alpha value is -0.300. The molecular weight excluding hydrogens is 245 g/mol. The Balaban J connectivity index is 4.06. The van der Waals surface area contributed by atoms with E-state index in [4.69, 9.17) is 5.11 Å². The summed E-state index contributed by atoms with van der Waals surface area (Å²) in [4.78, 5) is 0. The lowest BCUT2D eigenvalue weighted by Crippen LogP contribution is -2.36. The van der Waals surface area contributed by atoms with Crippen LogP contribution in [0, 0.1) is 0 Å². The number of aliphatic hydroxyl groups excluding tert-OH is 1. The smallest absolute Gasteiger partial charge is 0.383 e. The van der Waals surface area contributed by atoms with Crippen LogP contribution in [0.4, 0.5) is 13.2 Å². The van der Waals surface area contributed by atoms with E-state index >= 15 is 0 Å². The van der Waals surface area contributed by atoms with E-state index in [1.165, 1.54) is 0 Å². The molecule has 0 saturated carbocycles. The molecular formula is C9H17F3O3S. The zero-order valence-electron chi connectivity index (χ0n) is 9.13. The summed E-state index contributed by atoms with van der Waals surface area (Å²) >= 11 is 0. The first-order valence-electron chi connectivity index (χ1n) is 5.14. The second-order valence-corrected chi connectivity index (χ2v) is 5.96. The largest absolute Gasteiger partial charge is 0.415 e. The van der Waals surface area contributed by atoms with Crippen molar-refractivity contribution in [3.8, 4) is 0 Å². The maximum atomic E-state index is 11.9. The van der Waals surface area contributed by atoms with Crippen molar-refractivity contribution in [2.75, 3.05) is 11.5 Å². The van der Waals surface area contributed by atoms with E-state index in [9.17, 15) is 21.6 Å². The fourth-order valence-electron chi connectivity index (χ4n) is 1.17. The van der Waals surface area contributed by atoms with Crippen molar-refractivity contribution in [1.29, 1.82) is 0 Å². The Kier molecular flexibility index (Phi) is 6.32. The van der Waals surface area contributed by atoms with E-state index < -0.39 is 27.9 Å². The van der Waals surface area contributed by atoms with Gasteiger partial charge in [-0.1, -0.05) is 26.2 Å². The van der Waals surface area contributed by atoms with E-state index in [0.29, 0.717) is 12.8 Å². The Morgan fingerprint density at radius 1 is 1.19 bits per heavy atom. The van der Waals surface area contributed by atoms with Crippen LogP contribution in [0.3, 0.4) is 0 Å². The highest BCUT2D eigenvalue weighted by atomic mass is 32.2. The van der Waals surface area contributed by atoms with Crippen LogP contribution in [0.1, 0.15) is 32.6 Å². The average Bonchev–Trinajstić information content (AvgIpc) is 2.10. The molecule has 1 unspecified atom stereocenters. The van der Waals surface area contributed by atoms with Gasteiger partial charge in [-0.2, -0.15) is 13.2 Å². The fourth-order valence-corrected chi connectivity index (χ4v) is 2.65. The second kappa shape index (κ2) is 6.44. The highest BCUT2D eigenvalue weighted by molar-refractivity contribution is 7.91. The third kappa shape index (κ3) is 7.05. The molecule has 0 rings (SSSR count). The van der Waals surface area contributed by atoms with Gasteiger partial charge in [-0.25, -0.2) is 8.42 Å². The molecule has 7 heteroatoms. The van der Waals surface area contributed by atoms with Crippen molar-refractivity contribution in [2.24, 2.45) is 0 Å². The minimum Gasteiger partial charge on any atom is -0.383 e. The number of hydrogen-bond donors (Lipinski definition) is 1. The van der Waals surface area contributed by atoms with Crippen LogP contribution in [0.5, 0.6) is 0 Å². The third-order valence-corrected chi connectivity index (χ3v) is 3.83. The predicted octanol–water partition coefficient (Wildman–Crippen LogP) is 1.90. The van der Waals surface area contributed by atoms with Gasteiger partial charge in [0.2, 0.25) is 0 Å². The van der Waals surface area contributed by atoms with Crippen LogP contribution in [0.15, 0.2) is 0 Å². The number of halogens is 3. The van der Waals surface area contributed by atoms with Crippen LogP contribution >= 0.6 is 0 Å². The van der Waals surface area contributed by atoms with Gasteiger partial charge in [0.1, 0.15) is 0 Å². The first-order valence-corrected chi connectivity index (χ1v) is 6.96. The molecule has 0 heterocycles. The molecule has 0 aliphatic rings. The molecule has 16 heavy (non-hydrogen) atoms. The summed E-state index contributed by atoms with van der Waals surface area (Å²) < 4.78 is 58.1. The Morgan fingerprint density at radius 3 is 2.19 bits per heavy atom. The van der Waals surface area contributed by atoms with Gasteiger partial charge < -0.3 is 5.11 Å². The van der Waals surface area contributed by atoms with Gasteiger partial charge >= 0.3 is 6.18 Å². The molecule has 98 valence electrons. The number of sulfone groups is 1. The van der Waals surface area contributed by atoms with Crippen LogP contribution < -0.4 is 0 Å². The first-order chi connectivity index (χ1) is 7.19. The van der Waals surface area contributed by atoms with Crippen molar-refractivity contribution >= 4 is 9.84 Å². The zero-order valence-corrected chi connectivity index (χ0v) is 9.94. The highest BCUT2D eigenvalue weighted by Gasteiger charge is 2.40. The monoisotopic (exact) mass is 262 g/mol. The number of aliphatic hydroxyl groups is 1. The molecule has 0 spiro atoms. The normalized spacial score (nSPS) is 15.1. The molecule has 0 aromatic heterocycles. The molecule has 0 saturated heterocycles. The fraction of sp³-hybridized carbons (Fsp3) is 1.00. The van der Waals surface area contributed by atoms with Crippen LogP contribution in [-0.2, 0) is 9.84 Å². The van der Waals surface area contributed by atoms with Crippen molar-refractivity contribution in [1.82, 2.24) is 0 Å². The van der Waals surface area contributed by atoms with Gasteiger partial charge in [-0.3, -0.25) is 0 Å². The SMILES string of the molecule is CCCCCCS(=O)(=O)CC(O)C(F)(F)F. The van der Waals surface area contributed by atoms with E-state index in [-0.39, 0.29) is 5.75 Å². The molecule has 1 N–H and O–H groups in total. The summed E-state index contributed by atoms with van der Waals surface area (Å²) in [5, 5.41) is 8.62. The van der Waals surface area contributed by atoms with E-state index in [2.05, 4.69) is 0 Å². The van der Waals surface area contributed by atoms with Crippen LogP contribution in [0.2, 0.25) is 0 Å². The van der Waals surface area contributed by atoms with Gasteiger partial charge in [-0.05, 0) is 6.42 Å². The van der Waals surface area contributed by atoms with E-state index in [1.54, 1.807) is 0 Å². The Bertz CT molecular complexity index is 285. The van der Waals surface area contributed by atoms with Gasteiger partial charge in [0.05, 0.1) is 11.5 Å². The van der Waals surface area contributed by atoms with Crippen LogP contribution in [-0.4, -0.2) is 37.3 Å². The number of alkyl halides is 3. The molecule has 0 amide bonds. The van der Waals surface area contributed by atoms with Gasteiger partial charge in [0.15, 0.2) is 15.9 Å². The summed E-state index contributed by atoms with van der Waals surface area (Å²) in [5.74, 6) is -1.53. The average molecular weight is 262 g/mol. The summed E-state index contributed by atoms with van der Waals surface area (Å²) in [7, 11) is -3.81. The maximum absolute atomic E-state index is 11.9. The molecule has 1 atom stereocenters. The van der Waals surface area contributed by atoms with Crippen LogP contribution in [0.25, 0.3) is 0 Å². The standard InChI is InChI=1S/C9H17F3O3S/c1-2-3-4-5-6-16(14,15)7-8(13)9(10,11)12/h8,13H,2-7H2,1H3. The Morgan fingerprint density at radius 2 is 1.75 bits per heavy atom. The number of rotatable bonds is 7. The van der Waals surface area contributed by atoms with E-state index in [0.717, 1.165) is 12.8 Å². The quantitative estimate of drug-likeness (QED) is 0.713. The van der Waals surface area contributed by atoms with Crippen molar-refractivity contribution in [2.45, 2.75) is 44.9 Å². The van der Waals surface area contributed by atoms with Gasteiger partial charge in [-0.15, -0.1) is 0 Å². The highest BCUT2D eigenvalue weighted by Crippen LogP contribution is 2.21. The Labute approximate surface area is 93.6 Å². The predicted molar refractivity (Wildman–Crippen MR) is 54.9 cm³/mol. The van der Waals surface area contributed by atoms with Gasteiger partial charge in [0, 0.05) is 0 Å². The van der Waals surface area contributed by atoms with Crippen molar-refractivity contribution in [3.05, 3.63) is 0 Å². The number of hydrogen-bond acceptors (Lipinski definition) is 3. The molecule has 0 aliphatic carbocycles. The van der Waals surface area contributed by atoms with Crippen molar-refractivity contribution < 1.29 is 26.7 Å². The lowest BCUT2D eigenvalue weighted by atomic mass is 10.2. The molecule has 0 aromatic rings. The van der Waals surface area contributed by atoms with E-state index in [1.807, 2.05) is 6.92 Å². The summed E-state index contributed by atoms with van der Waals surface area (Å²) in [6.07, 6.45) is -4.83. The summed E-state index contributed by atoms with van der Waals surface area (Å²) in [6, 6.07) is 0. The van der Waals surface area contributed by atoms with Gasteiger partial charge in [0.25, 0.3) is 0 Å². The molecule has 0 bridgehead atoms. The first kappa shape index (κ1) is 15.7. The number of unbranched alkanes of at least 4 members (excludes halogenated alkanes) is 3. The molecule has 0 aromatic carbocycles. The zero-order chi connectivity index (χ0) is 12.8. The van der Waals surface area contributed by atoms with Crippen molar-refractivity contribution in [3.63, 3.8) is 0 Å². The lowest BCUT2D eigenvalue weighted by molar-refractivity contribution is -0.196. The summed E-state index contributed by atoms with van der Waals surface area (Å²) in [5.41, 5.74) is 0. The molecule has 0 radical (unpaired) electrons. The third-order valence-electron chi connectivity index (χ3n) is 2.10. The topological polar surface area (TPSA) is 54.4 Å². The molecule has 0 fully saturated rings. The summed E-state index contributed by atoms with van der Waals surface area (Å²) in [6.45, 7) is 1.95. The maximum Gasteiger partial charge on any atom is 0.415 e. The molecule has 0 aliphatic heterocycles. The second-order valence-electron chi connectivity index (χ2n) is 3.73.